The van der Waals surface area contributed by atoms with Crippen LogP contribution in [0.25, 0.3) is 16.6 Å². The first kappa shape index (κ1) is 17.2. The molecule has 1 aromatic heterocycles. The molecule has 0 radical (unpaired) electrons. The Morgan fingerprint density at radius 1 is 1.20 bits per heavy atom. The summed E-state index contributed by atoms with van der Waals surface area (Å²) in [5.74, 6) is -0.358. The van der Waals surface area contributed by atoms with Crippen molar-refractivity contribution < 1.29 is 9.53 Å². The first-order valence-electron chi connectivity index (χ1n) is 7.84. The van der Waals surface area contributed by atoms with E-state index < -0.39 is 5.25 Å². The Labute approximate surface area is 149 Å². The molecule has 0 spiro atoms. The first-order chi connectivity index (χ1) is 12.0. The molecule has 0 aliphatic heterocycles. The number of ether oxygens (including phenoxy) is 1. The molecule has 0 aliphatic carbocycles. The molecule has 3 rings (SSSR count). The van der Waals surface area contributed by atoms with Gasteiger partial charge in [0.1, 0.15) is 5.25 Å². The van der Waals surface area contributed by atoms with Crippen molar-refractivity contribution in [2.75, 3.05) is 7.11 Å². The molecule has 5 nitrogen and oxygen atoms in total. The average molecular weight is 354 g/mol. The highest BCUT2D eigenvalue weighted by Crippen LogP contribution is 2.25. The quantitative estimate of drug-likeness (QED) is 0.408. The zero-order chi connectivity index (χ0) is 18.0. The first-order valence-corrected chi connectivity index (χ1v) is 8.72. The molecule has 1 atom stereocenters. The van der Waals surface area contributed by atoms with Gasteiger partial charge in [0.2, 0.25) is 0 Å². The fraction of sp³-hybridized carbons (Fsp3) is 0.211. The lowest BCUT2D eigenvalue weighted by atomic mass is 10.2. The number of fused-ring (bicyclic) bond motifs is 1. The van der Waals surface area contributed by atoms with Crippen LogP contribution in [0.2, 0.25) is 0 Å². The zero-order valence-corrected chi connectivity index (χ0v) is 15.0. The van der Waals surface area contributed by atoms with Gasteiger partial charge in [0.15, 0.2) is 5.16 Å². The molecule has 0 fully saturated rings. The lowest BCUT2D eigenvalue weighted by molar-refractivity contribution is -0.139. The average Bonchev–Trinajstić information content (AvgIpc) is 2.61. The molecule has 0 saturated carbocycles. The van der Waals surface area contributed by atoms with E-state index in [0.29, 0.717) is 16.1 Å². The van der Waals surface area contributed by atoms with Crippen LogP contribution < -0.4 is 5.56 Å². The van der Waals surface area contributed by atoms with Crippen LogP contribution in [0.5, 0.6) is 0 Å². The van der Waals surface area contributed by atoms with Crippen LogP contribution in [-0.4, -0.2) is 27.9 Å². The summed E-state index contributed by atoms with van der Waals surface area (Å²) in [7, 11) is 1.35. The van der Waals surface area contributed by atoms with E-state index in [2.05, 4.69) is 4.98 Å². The summed E-state index contributed by atoms with van der Waals surface area (Å²) in [5, 5.41) is 0.528. The largest absolute Gasteiger partial charge is 0.468 e. The molecule has 0 bridgehead atoms. The van der Waals surface area contributed by atoms with Gasteiger partial charge in [0.25, 0.3) is 5.56 Å². The Bertz CT molecular complexity index is 997. The molecule has 1 heterocycles. The van der Waals surface area contributed by atoms with E-state index in [-0.39, 0.29) is 11.5 Å². The van der Waals surface area contributed by atoms with Crippen LogP contribution in [0.3, 0.4) is 0 Å². The predicted octanol–water partition coefficient (Wildman–Crippen LogP) is 3.35. The molecule has 128 valence electrons. The van der Waals surface area contributed by atoms with Crippen LogP contribution in [0.15, 0.2) is 58.5 Å². The summed E-state index contributed by atoms with van der Waals surface area (Å²) < 4.78 is 6.35. The minimum atomic E-state index is -0.478. The van der Waals surface area contributed by atoms with Gasteiger partial charge in [0.05, 0.1) is 23.7 Å². The molecule has 0 amide bonds. The van der Waals surface area contributed by atoms with Gasteiger partial charge in [-0.15, -0.1) is 0 Å². The number of methoxy groups -OCH3 is 1. The van der Waals surface area contributed by atoms with Gasteiger partial charge in [-0.1, -0.05) is 36.0 Å². The fourth-order valence-electron chi connectivity index (χ4n) is 2.56. The molecule has 3 aromatic rings. The van der Waals surface area contributed by atoms with E-state index in [0.717, 1.165) is 11.3 Å². The van der Waals surface area contributed by atoms with E-state index in [4.69, 9.17) is 4.74 Å². The number of carbonyl (C=O) groups excluding carboxylic acids is 1. The number of nitrogens with zero attached hydrogens (tertiary/aromatic N) is 2. The highest BCUT2D eigenvalue weighted by Gasteiger charge is 2.20. The number of rotatable bonds is 4. The maximum Gasteiger partial charge on any atom is 0.318 e. The zero-order valence-electron chi connectivity index (χ0n) is 14.2. The van der Waals surface area contributed by atoms with Crippen molar-refractivity contribution in [1.82, 2.24) is 9.55 Å². The van der Waals surface area contributed by atoms with Crippen molar-refractivity contribution in [2.24, 2.45) is 0 Å². The second kappa shape index (κ2) is 7.11. The summed E-state index contributed by atoms with van der Waals surface area (Å²) >= 11 is 1.21. The Hall–Kier alpha value is -2.60. The van der Waals surface area contributed by atoms with Crippen molar-refractivity contribution in [3.05, 3.63) is 64.4 Å². The number of thioether (sulfide) groups is 1. The van der Waals surface area contributed by atoms with E-state index in [1.165, 1.54) is 18.9 Å². The van der Waals surface area contributed by atoms with Gasteiger partial charge in [0, 0.05) is 0 Å². The second-order valence-electron chi connectivity index (χ2n) is 5.67. The summed E-state index contributed by atoms with van der Waals surface area (Å²) in [5.41, 5.74) is 2.21. The van der Waals surface area contributed by atoms with Crippen LogP contribution in [0.1, 0.15) is 12.5 Å². The minimum Gasteiger partial charge on any atom is -0.468 e. The Morgan fingerprint density at radius 2 is 1.96 bits per heavy atom. The van der Waals surface area contributed by atoms with Gasteiger partial charge in [-0.05, 0) is 43.7 Å². The molecule has 0 aliphatic rings. The predicted molar refractivity (Wildman–Crippen MR) is 99.4 cm³/mol. The normalized spacial score (nSPS) is 12.1. The number of aryl methyl sites for hydroxylation is 1. The van der Waals surface area contributed by atoms with Crippen molar-refractivity contribution in [1.29, 1.82) is 0 Å². The Balaban J connectivity index is 2.24. The maximum absolute atomic E-state index is 13.1. The fourth-order valence-corrected chi connectivity index (χ4v) is 3.51. The van der Waals surface area contributed by atoms with Crippen LogP contribution in [0, 0.1) is 6.92 Å². The summed E-state index contributed by atoms with van der Waals surface area (Å²) in [6, 6.07) is 14.8. The molecular formula is C19H18N2O3S. The number of aromatic nitrogens is 2. The molecular weight excluding hydrogens is 336 g/mol. The standard InChI is InChI=1S/C19H18N2O3S/c1-12-7-6-8-14(11-12)21-17(22)15-9-4-5-10-16(15)20-19(21)25-13(2)18(23)24-3/h4-11,13H,1-3H3. The summed E-state index contributed by atoms with van der Waals surface area (Å²) in [6.45, 7) is 3.70. The third-order valence-electron chi connectivity index (χ3n) is 3.82. The number of hydrogen-bond acceptors (Lipinski definition) is 5. The molecule has 25 heavy (non-hydrogen) atoms. The van der Waals surface area contributed by atoms with Crippen LogP contribution in [0.4, 0.5) is 0 Å². The van der Waals surface area contributed by atoms with Crippen molar-refractivity contribution in [3.63, 3.8) is 0 Å². The number of esters is 1. The van der Waals surface area contributed by atoms with Crippen molar-refractivity contribution in [3.8, 4) is 5.69 Å². The number of para-hydroxylation sites is 1. The van der Waals surface area contributed by atoms with E-state index in [1.54, 1.807) is 23.6 Å². The minimum absolute atomic E-state index is 0.157. The van der Waals surface area contributed by atoms with E-state index in [1.807, 2.05) is 43.3 Å². The Kier molecular flexibility index (Phi) is 4.90. The van der Waals surface area contributed by atoms with E-state index >= 15 is 0 Å². The SMILES string of the molecule is COC(=O)C(C)Sc1nc2ccccc2c(=O)n1-c1cccc(C)c1. The van der Waals surface area contributed by atoms with Crippen molar-refractivity contribution >= 4 is 28.6 Å². The maximum atomic E-state index is 13.1. The third kappa shape index (κ3) is 3.44. The number of benzene rings is 2. The monoisotopic (exact) mass is 354 g/mol. The second-order valence-corrected chi connectivity index (χ2v) is 6.98. The molecule has 1 unspecified atom stereocenters. The number of hydrogen-bond donors (Lipinski definition) is 0. The lowest BCUT2D eigenvalue weighted by Crippen LogP contribution is -2.24. The van der Waals surface area contributed by atoms with Gasteiger partial charge >= 0.3 is 5.97 Å². The van der Waals surface area contributed by atoms with Gasteiger partial charge in [-0.2, -0.15) is 0 Å². The highest BCUT2D eigenvalue weighted by atomic mass is 32.2. The molecule has 0 N–H and O–H groups in total. The topological polar surface area (TPSA) is 61.2 Å². The van der Waals surface area contributed by atoms with Crippen LogP contribution in [-0.2, 0) is 9.53 Å². The van der Waals surface area contributed by atoms with Crippen LogP contribution >= 0.6 is 11.8 Å². The molecule has 2 aromatic carbocycles. The molecule has 0 saturated heterocycles. The van der Waals surface area contributed by atoms with Crippen molar-refractivity contribution in [2.45, 2.75) is 24.3 Å². The van der Waals surface area contributed by atoms with Gasteiger partial charge < -0.3 is 4.74 Å². The van der Waals surface area contributed by atoms with Gasteiger partial charge in [-0.25, -0.2) is 4.98 Å². The summed E-state index contributed by atoms with van der Waals surface area (Å²) in [4.78, 5) is 29.5. The van der Waals surface area contributed by atoms with E-state index in [9.17, 15) is 9.59 Å². The molecule has 6 heteroatoms. The lowest BCUT2D eigenvalue weighted by Gasteiger charge is -2.15. The van der Waals surface area contributed by atoms with Gasteiger partial charge in [-0.3, -0.25) is 14.2 Å². The highest BCUT2D eigenvalue weighted by molar-refractivity contribution is 8.00. The number of carbonyl (C=O) groups is 1. The Morgan fingerprint density at radius 3 is 2.68 bits per heavy atom. The smallest absolute Gasteiger partial charge is 0.318 e. The summed E-state index contributed by atoms with van der Waals surface area (Å²) in [6.07, 6.45) is 0. The third-order valence-corrected chi connectivity index (χ3v) is 4.85.